The normalized spacial score (nSPS) is 36.2. The van der Waals surface area contributed by atoms with E-state index in [0.717, 1.165) is 0 Å². The van der Waals surface area contributed by atoms with Gasteiger partial charge in [0.15, 0.2) is 0 Å². The average Bonchev–Trinajstić information content (AvgIpc) is 3.26. The van der Waals surface area contributed by atoms with Gasteiger partial charge in [-0.2, -0.15) is 0 Å². The lowest BCUT2D eigenvalue weighted by Gasteiger charge is -2.41. The van der Waals surface area contributed by atoms with E-state index in [4.69, 9.17) is 0 Å². The smallest absolute Gasteiger partial charge is 0.107 e. The fourth-order valence-electron chi connectivity index (χ4n) is 5.52. The van der Waals surface area contributed by atoms with Gasteiger partial charge in [0, 0.05) is 24.4 Å². The van der Waals surface area contributed by atoms with Crippen LogP contribution >= 0.6 is 0 Å². The third-order valence-corrected chi connectivity index (χ3v) is 6.54. The molecule has 0 N–H and O–H groups in total. The molecule has 0 radical (unpaired) electrons. The zero-order chi connectivity index (χ0) is 18.7. The molecule has 3 aliphatic rings. The van der Waals surface area contributed by atoms with E-state index in [1.165, 1.54) is 36.9 Å². The molecular formula is C23H34N2. The Morgan fingerprint density at radius 2 is 1.80 bits per heavy atom. The molecule has 1 aromatic carbocycles. The van der Waals surface area contributed by atoms with Gasteiger partial charge in [0.05, 0.1) is 6.04 Å². The predicted octanol–water partition coefficient (Wildman–Crippen LogP) is 5.58. The standard InChI is InChI=1S/C23H34N2/c1-16-10-6-9-13-20(16)25-17(2)21-19(18-11-7-8-12-18)14-15-24(21)22(25)23(3,4)5/h6,9-10,13-15,17-19,21-22H,7-8,11-12H2,1-5H3/t17-,19?,21?,22?/m0/s1/i19D. The summed E-state index contributed by atoms with van der Waals surface area (Å²) in [4.78, 5) is 5.14. The summed E-state index contributed by atoms with van der Waals surface area (Å²) in [6.45, 7) is 11.6. The van der Waals surface area contributed by atoms with E-state index in [9.17, 15) is 1.37 Å². The Morgan fingerprint density at radius 1 is 1.12 bits per heavy atom. The Kier molecular flexibility index (Phi) is 3.83. The summed E-state index contributed by atoms with van der Waals surface area (Å²) in [5.74, 6) is 0.0604. The van der Waals surface area contributed by atoms with Gasteiger partial charge in [-0.25, -0.2) is 0 Å². The van der Waals surface area contributed by atoms with Crippen LogP contribution in [0.3, 0.4) is 0 Å². The average molecular weight is 340 g/mol. The Morgan fingerprint density at radius 3 is 2.44 bits per heavy atom. The summed E-state index contributed by atoms with van der Waals surface area (Å²) in [5, 5.41) is 0. The van der Waals surface area contributed by atoms with Crippen molar-refractivity contribution in [2.24, 2.45) is 17.2 Å². The molecule has 1 saturated heterocycles. The number of anilines is 1. The number of nitrogens with zero attached hydrogens (tertiary/aromatic N) is 2. The van der Waals surface area contributed by atoms with Crippen LogP contribution in [-0.4, -0.2) is 23.1 Å². The van der Waals surface area contributed by atoms with Gasteiger partial charge in [-0.05, 0) is 50.4 Å². The van der Waals surface area contributed by atoms with Crippen LogP contribution in [0.15, 0.2) is 36.5 Å². The monoisotopic (exact) mass is 339 g/mol. The summed E-state index contributed by atoms with van der Waals surface area (Å²) in [6, 6.07) is 9.32. The van der Waals surface area contributed by atoms with Crippen LogP contribution < -0.4 is 4.90 Å². The quantitative estimate of drug-likeness (QED) is 0.694. The highest BCUT2D eigenvalue weighted by Crippen LogP contribution is 2.49. The van der Waals surface area contributed by atoms with Gasteiger partial charge in [-0.15, -0.1) is 0 Å². The van der Waals surface area contributed by atoms with Crippen molar-refractivity contribution < 1.29 is 1.37 Å². The second-order valence-corrected chi connectivity index (χ2v) is 9.36. The lowest BCUT2D eigenvalue weighted by atomic mass is 9.83. The van der Waals surface area contributed by atoms with Crippen LogP contribution in [0.5, 0.6) is 0 Å². The number of fused-ring (bicyclic) bond motifs is 1. The van der Waals surface area contributed by atoms with Crippen molar-refractivity contribution in [3.05, 3.63) is 42.1 Å². The van der Waals surface area contributed by atoms with E-state index in [1.54, 1.807) is 0 Å². The molecule has 2 heteroatoms. The lowest BCUT2D eigenvalue weighted by Crippen LogP contribution is -2.47. The van der Waals surface area contributed by atoms with E-state index < -0.39 is 5.89 Å². The molecule has 25 heavy (non-hydrogen) atoms. The molecule has 2 fully saturated rings. The van der Waals surface area contributed by atoms with Gasteiger partial charge in [0.1, 0.15) is 6.17 Å². The number of aryl methyl sites for hydroxylation is 1. The number of benzene rings is 1. The molecular weight excluding hydrogens is 304 g/mol. The molecule has 1 saturated carbocycles. The predicted molar refractivity (Wildman–Crippen MR) is 107 cm³/mol. The van der Waals surface area contributed by atoms with Crippen LogP contribution in [0.2, 0.25) is 0 Å². The number of hydrogen-bond donors (Lipinski definition) is 0. The van der Waals surface area contributed by atoms with E-state index in [1.807, 2.05) is 0 Å². The van der Waals surface area contributed by atoms with Crippen molar-refractivity contribution in [1.82, 2.24) is 4.90 Å². The summed E-state index contributed by atoms with van der Waals surface area (Å²) in [5.41, 5.74) is 2.77. The maximum absolute atomic E-state index is 9.48. The number of rotatable bonds is 2. The minimum atomic E-state index is -0.448. The first-order valence-electron chi connectivity index (χ1n) is 10.6. The maximum atomic E-state index is 9.48. The van der Waals surface area contributed by atoms with Crippen molar-refractivity contribution in [2.45, 2.75) is 78.6 Å². The minimum absolute atomic E-state index is 0.108. The molecule has 4 rings (SSSR count). The van der Waals surface area contributed by atoms with Gasteiger partial charge in [-0.1, -0.05) is 57.9 Å². The molecule has 0 bridgehead atoms. The molecule has 136 valence electrons. The molecule has 2 heterocycles. The van der Waals surface area contributed by atoms with Crippen molar-refractivity contribution in [2.75, 3.05) is 4.90 Å². The van der Waals surface area contributed by atoms with Crippen LogP contribution in [0.25, 0.3) is 0 Å². The van der Waals surface area contributed by atoms with E-state index in [-0.39, 0.29) is 17.6 Å². The van der Waals surface area contributed by atoms with Crippen LogP contribution in [-0.2, 0) is 0 Å². The first-order valence-corrected chi connectivity index (χ1v) is 10.1. The highest BCUT2D eigenvalue weighted by atomic mass is 15.5. The Bertz CT molecular complexity index is 700. The van der Waals surface area contributed by atoms with Crippen LogP contribution in [0, 0.1) is 24.2 Å². The SMILES string of the molecule is [2H]C1(C2CCCC2)C=CN2C(C(C)(C)C)N(c3ccccc3C)[C@@H](C)C21. The molecule has 1 aliphatic carbocycles. The first-order chi connectivity index (χ1) is 12.2. The summed E-state index contributed by atoms with van der Waals surface area (Å²) < 4.78 is 9.48. The third kappa shape index (κ3) is 2.69. The van der Waals surface area contributed by atoms with Crippen molar-refractivity contribution >= 4 is 5.69 Å². The Labute approximate surface area is 155 Å². The molecule has 0 aromatic heterocycles. The Balaban J connectivity index is 1.79. The lowest BCUT2D eigenvalue weighted by molar-refractivity contribution is 0.145. The fraction of sp³-hybridized carbons (Fsp3) is 0.652. The number of hydrogen-bond acceptors (Lipinski definition) is 2. The third-order valence-electron chi connectivity index (χ3n) is 6.54. The van der Waals surface area contributed by atoms with E-state index in [2.05, 4.69) is 81.0 Å². The largest absolute Gasteiger partial charge is 0.352 e. The second kappa shape index (κ2) is 6.07. The second-order valence-electron chi connectivity index (χ2n) is 9.36. The molecule has 3 unspecified atom stereocenters. The minimum Gasteiger partial charge on any atom is -0.352 e. The first kappa shape index (κ1) is 15.8. The van der Waals surface area contributed by atoms with Gasteiger partial charge in [-0.3, -0.25) is 0 Å². The fourth-order valence-corrected chi connectivity index (χ4v) is 5.52. The molecule has 1 aromatic rings. The summed E-state index contributed by atoms with van der Waals surface area (Å²) in [6.07, 6.45) is 9.81. The van der Waals surface area contributed by atoms with Gasteiger partial charge in [0.2, 0.25) is 0 Å². The number of para-hydroxylation sites is 1. The molecule has 0 amide bonds. The van der Waals surface area contributed by atoms with Crippen LogP contribution in [0.4, 0.5) is 5.69 Å². The van der Waals surface area contributed by atoms with Crippen molar-refractivity contribution in [1.29, 1.82) is 0 Å². The molecule has 4 atom stereocenters. The molecule has 2 aliphatic heterocycles. The molecule has 2 nitrogen and oxygen atoms in total. The summed E-state index contributed by atoms with van der Waals surface area (Å²) in [7, 11) is 0. The summed E-state index contributed by atoms with van der Waals surface area (Å²) >= 11 is 0. The Hall–Kier alpha value is -1.44. The van der Waals surface area contributed by atoms with Gasteiger partial charge < -0.3 is 9.80 Å². The van der Waals surface area contributed by atoms with E-state index in [0.29, 0.717) is 12.0 Å². The zero-order valence-electron chi connectivity index (χ0n) is 17.5. The zero-order valence-corrected chi connectivity index (χ0v) is 16.5. The van der Waals surface area contributed by atoms with Gasteiger partial charge in [0.25, 0.3) is 0 Å². The topological polar surface area (TPSA) is 6.48 Å². The van der Waals surface area contributed by atoms with Gasteiger partial charge >= 0.3 is 0 Å². The molecule has 0 spiro atoms. The van der Waals surface area contributed by atoms with E-state index >= 15 is 0 Å². The highest BCUT2D eigenvalue weighted by Gasteiger charge is 2.54. The van der Waals surface area contributed by atoms with Crippen LogP contribution in [0.1, 0.15) is 60.3 Å². The maximum Gasteiger partial charge on any atom is 0.107 e. The van der Waals surface area contributed by atoms with Crippen molar-refractivity contribution in [3.8, 4) is 0 Å². The van der Waals surface area contributed by atoms with Crippen molar-refractivity contribution in [3.63, 3.8) is 0 Å². The highest BCUT2D eigenvalue weighted by molar-refractivity contribution is 5.57.